The number of anilines is 1. The average molecular weight is 447 g/mol. The number of aliphatic imine (C=N–C) groups is 1. The molecule has 170 valence electrons. The van der Waals surface area contributed by atoms with Crippen molar-refractivity contribution in [3.05, 3.63) is 77.0 Å². The van der Waals surface area contributed by atoms with Gasteiger partial charge in [-0.25, -0.2) is 9.59 Å². The smallest absolute Gasteiger partial charge is 0.355 e. The van der Waals surface area contributed by atoms with Crippen molar-refractivity contribution in [1.29, 1.82) is 0 Å². The molecule has 0 aromatic heterocycles. The topological polar surface area (TPSA) is 100 Å². The minimum Gasteiger partial charge on any atom is -0.466 e. The number of benzene rings is 2. The van der Waals surface area contributed by atoms with Gasteiger partial charge in [-0.1, -0.05) is 48.5 Å². The summed E-state index contributed by atoms with van der Waals surface area (Å²) in [5.74, 6) is -0.720. The van der Waals surface area contributed by atoms with Gasteiger partial charge in [-0.05, 0) is 23.6 Å². The fourth-order valence-electron chi connectivity index (χ4n) is 5.46. The number of hydrogen-bond donors (Lipinski definition) is 2. The summed E-state index contributed by atoms with van der Waals surface area (Å²) in [7, 11) is 2.57. The number of hydrogen-bond acceptors (Lipinski definition) is 8. The molecule has 8 nitrogen and oxygen atoms in total. The van der Waals surface area contributed by atoms with Gasteiger partial charge < -0.3 is 24.8 Å². The number of aliphatic hydroxyl groups is 1. The van der Waals surface area contributed by atoms with Crippen LogP contribution in [0.4, 0.5) is 5.69 Å². The van der Waals surface area contributed by atoms with Crippen LogP contribution < -0.4 is 10.2 Å². The Morgan fingerprint density at radius 2 is 1.79 bits per heavy atom. The predicted molar refractivity (Wildman–Crippen MR) is 122 cm³/mol. The van der Waals surface area contributed by atoms with Gasteiger partial charge in [0.25, 0.3) is 0 Å². The molecule has 0 radical (unpaired) electrons. The molecule has 3 aliphatic heterocycles. The van der Waals surface area contributed by atoms with Crippen LogP contribution in [-0.4, -0.2) is 55.8 Å². The second-order valence-electron chi connectivity index (χ2n) is 8.42. The van der Waals surface area contributed by atoms with Crippen molar-refractivity contribution < 1.29 is 24.2 Å². The standard InChI is InChI=1S/C25H25N3O5/c1-32-22(30)19-20(23(31)33-2)27-24-25(12-16(14-29)26-24)17-10-6-7-11-18(17)28(21(19)25)13-15-8-4-3-5-9-15/h3-11,16,21,29H,12-14H2,1-2H3,(H,26,27). The van der Waals surface area contributed by atoms with Crippen LogP contribution in [0, 0.1) is 0 Å². The SMILES string of the molecule is COC(=O)C1=C(C(=O)OC)C2N(Cc3ccccc3)c3ccccc3C23CC(CO)N=C3N1. The molecule has 3 aliphatic rings. The molecule has 8 heteroatoms. The number of carbonyl (C=O) groups is 2. The maximum atomic E-state index is 13.2. The molecule has 0 bridgehead atoms. The lowest BCUT2D eigenvalue weighted by atomic mass is 9.68. The van der Waals surface area contributed by atoms with E-state index < -0.39 is 23.4 Å². The maximum Gasteiger partial charge on any atom is 0.355 e. The van der Waals surface area contributed by atoms with E-state index in [9.17, 15) is 14.7 Å². The molecular formula is C25H25N3O5. The second kappa shape index (κ2) is 8.04. The normalized spacial score (nSPS) is 24.9. The first-order valence-corrected chi connectivity index (χ1v) is 10.8. The van der Waals surface area contributed by atoms with E-state index in [1.165, 1.54) is 14.2 Å². The Kier molecular flexibility index (Phi) is 5.17. The van der Waals surface area contributed by atoms with Gasteiger partial charge in [0.05, 0.1) is 43.9 Å². The summed E-state index contributed by atoms with van der Waals surface area (Å²) in [6, 6.07) is 17.0. The molecule has 0 aliphatic carbocycles. The highest BCUT2D eigenvalue weighted by molar-refractivity contribution is 6.13. The largest absolute Gasteiger partial charge is 0.466 e. The number of nitrogens with zero attached hydrogens (tertiary/aromatic N) is 2. The molecule has 3 atom stereocenters. The van der Waals surface area contributed by atoms with Crippen LogP contribution in [0.1, 0.15) is 17.5 Å². The number of carbonyl (C=O) groups excluding carboxylic acids is 2. The quantitative estimate of drug-likeness (QED) is 0.673. The molecule has 5 rings (SSSR count). The minimum absolute atomic E-state index is 0.0215. The van der Waals surface area contributed by atoms with Crippen LogP contribution >= 0.6 is 0 Å². The summed E-state index contributed by atoms with van der Waals surface area (Å²) < 4.78 is 10.2. The van der Waals surface area contributed by atoms with E-state index in [0.29, 0.717) is 18.8 Å². The summed E-state index contributed by atoms with van der Waals surface area (Å²) in [4.78, 5) is 32.8. The third kappa shape index (κ3) is 3.05. The lowest BCUT2D eigenvalue weighted by molar-refractivity contribution is -0.140. The fraction of sp³-hybridized carbons (Fsp3) is 0.320. The molecule has 33 heavy (non-hydrogen) atoms. The number of para-hydroxylation sites is 1. The van der Waals surface area contributed by atoms with E-state index in [2.05, 4.69) is 10.2 Å². The zero-order valence-corrected chi connectivity index (χ0v) is 18.4. The zero-order chi connectivity index (χ0) is 23.2. The molecule has 1 spiro atoms. The van der Waals surface area contributed by atoms with E-state index in [1.54, 1.807) is 0 Å². The van der Waals surface area contributed by atoms with Crippen LogP contribution in [0.25, 0.3) is 0 Å². The second-order valence-corrected chi connectivity index (χ2v) is 8.42. The van der Waals surface area contributed by atoms with Crippen molar-refractivity contribution in [3.8, 4) is 0 Å². The maximum absolute atomic E-state index is 13.2. The van der Waals surface area contributed by atoms with Crippen molar-refractivity contribution in [3.63, 3.8) is 0 Å². The minimum atomic E-state index is -0.736. The Hall–Kier alpha value is -3.65. The van der Waals surface area contributed by atoms with E-state index in [-0.39, 0.29) is 23.9 Å². The first-order valence-electron chi connectivity index (χ1n) is 10.8. The van der Waals surface area contributed by atoms with Gasteiger partial charge in [0.15, 0.2) is 0 Å². The first kappa shape index (κ1) is 21.2. The number of rotatable bonds is 5. The summed E-state index contributed by atoms with van der Waals surface area (Å²) in [5.41, 5.74) is 2.49. The third-order valence-corrected chi connectivity index (χ3v) is 6.75. The van der Waals surface area contributed by atoms with Crippen molar-refractivity contribution >= 4 is 23.5 Å². The molecule has 2 aromatic rings. The van der Waals surface area contributed by atoms with Gasteiger partial charge in [-0.3, -0.25) is 4.99 Å². The Morgan fingerprint density at radius 1 is 1.09 bits per heavy atom. The van der Waals surface area contributed by atoms with Gasteiger partial charge in [-0.15, -0.1) is 0 Å². The Bertz CT molecular complexity index is 1180. The average Bonchev–Trinajstić information content (AvgIpc) is 3.37. The highest BCUT2D eigenvalue weighted by Gasteiger charge is 2.63. The highest BCUT2D eigenvalue weighted by Crippen LogP contribution is 2.55. The van der Waals surface area contributed by atoms with Crippen molar-refractivity contribution in [2.24, 2.45) is 4.99 Å². The number of fused-ring (bicyclic) bond motifs is 1. The van der Waals surface area contributed by atoms with Crippen molar-refractivity contribution in [1.82, 2.24) is 5.32 Å². The molecule has 0 amide bonds. The molecule has 3 heterocycles. The van der Waals surface area contributed by atoms with E-state index >= 15 is 0 Å². The number of esters is 2. The number of nitrogens with one attached hydrogen (secondary N) is 1. The van der Waals surface area contributed by atoms with Crippen LogP contribution in [0.3, 0.4) is 0 Å². The number of amidine groups is 1. The lowest BCUT2D eigenvalue weighted by Crippen LogP contribution is -2.59. The summed E-state index contributed by atoms with van der Waals surface area (Å²) >= 11 is 0. The summed E-state index contributed by atoms with van der Waals surface area (Å²) in [6.45, 7) is 0.373. The first-order chi connectivity index (χ1) is 16.0. The number of aliphatic hydroxyl groups excluding tert-OH is 1. The van der Waals surface area contributed by atoms with Crippen molar-refractivity contribution in [2.75, 3.05) is 25.7 Å². The molecule has 2 N–H and O–H groups in total. The van der Waals surface area contributed by atoms with Crippen LogP contribution in [0.15, 0.2) is 70.9 Å². The third-order valence-electron chi connectivity index (χ3n) is 6.75. The zero-order valence-electron chi connectivity index (χ0n) is 18.4. The molecule has 3 unspecified atom stereocenters. The van der Waals surface area contributed by atoms with Crippen LogP contribution in [-0.2, 0) is 31.0 Å². The molecule has 0 fully saturated rings. The number of methoxy groups -OCH3 is 2. The Morgan fingerprint density at radius 3 is 2.48 bits per heavy atom. The summed E-state index contributed by atoms with van der Waals surface area (Å²) in [5, 5.41) is 13.1. The van der Waals surface area contributed by atoms with E-state index in [0.717, 1.165) is 16.8 Å². The molecule has 0 saturated carbocycles. The van der Waals surface area contributed by atoms with Gasteiger partial charge in [0.1, 0.15) is 11.5 Å². The fourth-order valence-corrected chi connectivity index (χ4v) is 5.46. The van der Waals surface area contributed by atoms with Gasteiger partial charge in [0, 0.05) is 12.2 Å². The lowest BCUT2D eigenvalue weighted by Gasteiger charge is -2.42. The monoisotopic (exact) mass is 447 g/mol. The van der Waals surface area contributed by atoms with Crippen LogP contribution in [0.2, 0.25) is 0 Å². The van der Waals surface area contributed by atoms with E-state index in [4.69, 9.17) is 14.5 Å². The van der Waals surface area contributed by atoms with Crippen molar-refractivity contribution in [2.45, 2.75) is 30.5 Å². The Labute approximate surface area is 191 Å². The van der Waals surface area contributed by atoms with Crippen LogP contribution in [0.5, 0.6) is 0 Å². The van der Waals surface area contributed by atoms with Gasteiger partial charge >= 0.3 is 11.9 Å². The Balaban J connectivity index is 1.78. The number of ether oxygens (including phenoxy) is 2. The summed E-state index contributed by atoms with van der Waals surface area (Å²) in [6.07, 6.45) is 0.494. The van der Waals surface area contributed by atoms with E-state index in [1.807, 2.05) is 54.6 Å². The van der Waals surface area contributed by atoms with Gasteiger partial charge in [-0.2, -0.15) is 0 Å². The molecule has 0 saturated heterocycles. The molecular weight excluding hydrogens is 422 g/mol. The molecule has 2 aromatic carbocycles. The van der Waals surface area contributed by atoms with Gasteiger partial charge in [0.2, 0.25) is 0 Å². The highest BCUT2D eigenvalue weighted by atomic mass is 16.5. The predicted octanol–water partition coefficient (Wildman–Crippen LogP) is 1.68.